The maximum absolute atomic E-state index is 4.55. The predicted molar refractivity (Wildman–Crippen MR) is 51.5 cm³/mol. The Morgan fingerprint density at radius 3 is 3.15 bits per heavy atom. The highest BCUT2D eigenvalue weighted by Gasteiger charge is 2.28. The Balaban J connectivity index is 2.34. The summed E-state index contributed by atoms with van der Waals surface area (Å²) in [5.41, 5.74) is 2.50. The standard InChI is InChI=1S/C11H11N2/c1-13-10-5-3-2-4-9(10)11(12-13)8-6-7-8/h3-5,8H,6-7H2,1H3. The van der Waals surface area contributed by atoms with Gasteiger partial charge in [0.1, 0.15) is 0 Å². The molecule has 0 unspecified atom stereocenters. The van der Waals surface area contributed by atoms with Crippen LogP contribution in [-0.4, -0.2) is 9.78 Å². The summed E-state index contributed by atoms with van der Waals surface area (Å²) in [5.74, 6) is 0.722. The summed E-state index contributed by atoms with van der Waals surface area (Å²) in [6.45, 7) is 0. The number of hydrogen-bond donors (Lipinski definition) is 0. The second-order valence-corrected chi connectivity index (χ2v) is 3.73. The van der Waals surface area contributed by atoms with Gasteiger partial charge in [0.2, 0.25) is 0 Å². The predicted octanol–water partition coefficient (Wildman–Crippen LogP) is 2.25. The van der Waals surface area contributed by atoms with Gasteiger partial charge in [-0.3, -0.25) is 4.68 Å². The highest BCUT2D eigenvalue weighted by molar-refractivity contribution is 5.82. The van der Waals surface area contributed by atoms with Gasteiger partial charge in [-0.25, -0.2) is 0 Å². The van der Waals surface area contributed by atoms with Crippen molar-refractivity contribution in [2.75, 3.05) is 0 Å². The number of benzene rings is 1. The second kappa shape index (κ2) is 2.34. The molecular formula is C11H11N2. The zero-order valence-electron chi connectivity index (χ0n) is 7.62. The smallest absolute Gasteiger partial charge is 0.0734 e. The molecule has 1 aliphatic rings. The lowest BCUT2D eigenvalue weighted by Crippen LogP contribution is -1.90. The van der Waals surface area contributed by atoms with Gasteiger partial charge in [0.25, 0.3) is 0 Å². The van der Waals surface area contributed by atoms with E-state index in [1.165, 1.54) is 29.4 Å². The molecule has 1 radical (unpaired) electrons. The van der Waals surface area contributed by atoms with Crippen molar-refractivity contribution >= 4 is 10.9 Å². The molecule has 1 aliphatic carbocycles. The molecule has 0 atom stereocenters. The van der Waals surface area contributed by atoms with Crippen LogP contribution in [0.4, 0.5) is 0 Å². The van der Waals surface area contributed by atoms with Gasteiger partial charge in [0.05, 0.1) is 11.2 Å². The van der Waals surface area contributed by atoms with E-state index in [0.717, 1.165) is 5.92 Å². The highest BCUT2D eigenvalue weighted by atomic mass is 15.3. The topological polar surface area (TPSA) is 17.8 Å². The minimum Gasteiger partial charge on any atom is -0.268 e. The molecule has 2 aromatic rings. The molecule has 3 rings (SSSR count). The van der Waals surface area contributed by atoms with Crippen molar-refractivity contribution in [2.24, 2.45) is 7.05 Å². The molecule has 2 heteroatoms. The maximum Gasteiger partial charge on any atom is 0.0734 e. The second-order valence-electron chi connectivity index (χ2n) is 3.73. The Hall–Kier alpha value is -1.31. The molecule has 13 heavy (non-hydrogen) atoms. The normalized spacial score (nSPS) is 16.7. The molecule has 1 aromatic heterocycles. The first-order chi connectivity index (χ1) is 6.36. The monoisotopic (exact) mass is 171 g/mol. The third-order valence-corrected chi connectivity index (χ3v) is 2.69. The van der Waals surface area contributed by atoms with Crippen LogP contribution >= 0.6 is 0 Å². The van der Waals surface area contributed by atoms with E-state index in [9.17, 15) is 0 Å². The van der Waals surface area contributed by atoms with Crippen LogP contribution in [0, 0.1) is 6.07 Å². The molecule has 0 saturated heterocycles. The van der Waals surface area contributed by atoms with Gasteiger partial charge in [-0.2, -0.15) is 5.10 Å². The quantitative estimate of drug-likeness (QED) is 0.643. The van der Waals surface area contributed by atoms with Gasteiger partial charge in [0, 0.05) is 18.4 Å². The van der Waals surface area contributed by atoms with E-state index in [-0.39, 0.29) is 0 Å². The number of nitrogens with zero attached hydrogens (tertiary/aromatic N) is 2. The number of hydrogen-bond acceptors (Lipinski definition) is 1. The fraction of sp³-hybridized carbons (Fsp3) is 0.364. The Kier molecular flexibility index (Phi) is 1.29. The molecule has 1 fully saturated rings. The van der Waals surface area contributed by atoms with E-state index in [4.69, 9.17) is 0 Å². The number of aromatic nitrogens is 2. The molecule has 0 aliphatic heterocycles. The lowest BCUT2D eigenvalue weighted by molar-refractivity contribution is 0.767. The summed E-state index contributed by atoms with van der Waals surface area (Å²) in [6.07, 6.45) is 2.61. The van der Waals surface area contributed by atoms with Crippen molar-refractivity contribution in [3.05, 3.63) is 30.0 Å². The van der Waals surface area contributed by atoms with Crippen LogP contribution in [0.5, 0.6) is 0 Å². The summed E-state index contributed by atoms with van der Waals surface area (Å²) in [7, 11) is 2.01. The first-order valence-corrected chi connectivity index (χ1v) is 4.69. The van der Waals surface area contributed by atoms with Gasteiger partial charge in [-0.05, 0) is 31.0 Å². The van der Waals surface area contributed by atoms with E-state index in [1.54, 1.807) is 0 Å². The van der Waals surface area contributed by atoms with Crippen LogP contribution in [-0.2, 0) is 7.05 Å². The molecule has 0 spiro atoms. The number of rotatable bonds is 1. The zero-order valence-corrected chi connectivity index (χ0v) is 7.62. The van der Waals surface area contributed by atoms with E-state index < -0.39 is 0 Å². The van der Waals surface area contributed by atoms with Crippen LogP contribution < -0.4 is 0 Å². The van der Waals surface area contributed by atoms with Crippen molar-refractivity contribution in [3.8, 4) is 0 Å². The van der Waals surface area contributed by atoms with E-state index in [0.29, 0.717) is 0 Å². The minimum atomic E-state index is 0.722. The maximum atomic E-state index is 4.55. The molecular weight excluding hydrogens is 160 g/mol. The molecule has 1 saturated carbocycles. The lowest BCUT2D eigenvalue weighted by Gasteiger charge is -1.90. The molecule has 1 heterocycles. The molecule has 1 aromatic carbocycles. The van der Waals surface area contributed by atoms with E-state index in [2.05, 4.69) is 23.3 Å². The van der Waals surface area contributed by atoms with Crippen molar-refractivity contribution in [3.63, 3.8) is 0 Å². The van der Waals surface area contributed by atoms with Gasteiger partial charge >= 0.3 is 0 Å². The number of aryl methyl sites for hydroxylation is 1. The summed E-state index contributed by atoms with van der Waals surface area (Å²) in [6, 6.07) is 9.19. The summed E-state index contributed by atoms with van der Waals surface area (Å²) < 4.78 is 1.97. The Labute approximate surface area is 77.2 Å². The lowest BCUT2D eigenvalue weighted by atomic mass is 10.1. The van der Waals surface area contributed by atoms with Gasteiger partial charge in [-0.15, -0.1) is 0 Å². The average molecular weight is 171 g/mol. The first-order valence-electron chi connectivity index (χ1n) is 4.69. The Morgan fingerprint density at radius 1 is 1.54 bits per heavy atom. The van der Waals surface area contributed by atoms with Gasteiger partial charge < -0.3 is 0 Å². The average Bonchev–Trinajstić information content (AvgIpc) is 2.94. The molecule has 0 N–H and O–H groups in total. The summed E-state index contributed by atoms with van der Waals surface area (Å²) >= 11 is 0. The SMILES string of the molecule is Cn1nc(C2CC2)c2c[c]ccc21. The van der Waals surface area contributed by atoms with Crippen LogP contribution in [0.15, 0.2) is 18.2 Å². The molecule has 0 bridgehead atoms. The van der Waals surface area contributed by atoms with Crippen LogP contribution in [0.3, 0.4) is 0 Å². The largest absolute Gasteiger partial charge is 0.268 e. The van der Waals surface area contributed by atoms with Crippen molar-refractivity contribution in [2.45, 2.75) is 18.8 Å². The molecule has 0 amide bonds. The zero-order chi connectivity index (χ0) is 8.84. The Bertz CT molecular complexity index is 452. The fourth-order valence-corrected chi connectivity index (χ4v) is 1.84. The van der Waals surface area contributed by atoms with Crippen LogP contribution in [0.1, 0.15) is 24.5 Å². The first kappa shape index (κ1) is 7.13. The van der Waals surface area contributed by atoms with Crippen molar-refractivity contribution in [1.29, 1.82) is 0 Å². The highest BCUT2D eigenvalue weighted by Crippen LogP contribution is 2.42. The van der Waals surface area contributed by atoms with E-state index >= 15 is 0 Å². The van der Waals surface area contributed by atoms with Crippen molar-refractivity contribution < 1.29 is 0 Å². The molecule has 65 valence electrons. The summed E-state index contributed by atoms with van der Waals surface area (Å²) in [4.78, 5) is 0. The third kappa shape index (κ3) is 0.981. The van der Waals surface area contributed by atoms with Crippen molar-refractivity contribution in [1.82, 2.24) is 9.78 Å². The number of fused-ring (bicyclic) bond motifs is 1. The van der Waals surface area contributed by atoms with Crippen LogP contribution in [0.2, 0.25) is 0 Å². The molecule has 2 nitrogen and oxygen atoms in total. The fourth-order valence-electron chi connectivity index (χ4n) is 1.84. The minimum absolute atomic E-state index is 0.722. The summed E-state index contributed by atoms with van der Waals surface area (Å²) in [5, 5.41) is 5.83. The van der Waals surface area contributed by atoms with Gasteiger partial charge in [-0.1, -0.05) is 6.07 Å². The third-order valence-electron chi connectivity index (χ3n) is 2.69. The Morgan fingerprint density at radius 2 is 2.38 bits per heavy atom. The van der Waals surface area contributed by atoms with E-state index in [1.807, 2.05) is 17.8 Å². The van der Waals surface area contributed by atoms with Crippen LogP contribution in [0.25, 0.3) is 10.9 Å². The van der Waals surface area contributed by atoms with Gasteiger partial charge in [0.15, 0.2) is 0 Å².